The van der Waals surface area contributed by atoms with Crippen LogP contribution in [0.3, 0.4) is 0 Å². The Kier molecular flexibility index (Phi) is 5.83. The van der Waals surface area contributed by atoms with Crippen LogP contribution in [-0.2, 0) is 11.2 Å². The van der Waals surface area contributed by atoms with Gasteiger partial charge in [0.2, 0.25) is 11.0 Å². The summed E-state index contributed by atoms with van der Waals surface area (Å²) < 4.78 is 0. The van der Waals surface area contributed by atoms with Gasteiger partial charge >= 0.3 is 0 Å². The number of halogens is 1. The summed E-state index contributed by atoms with van der Waals surface area (Å²) >= 11 is 7.46. The van der Waals surface area contributed by atoms with Crippen molar-refractivity contribution in [3.05, 3.63) is 64.3 Å². The van der Waals surface area contributed by atoms with Crippen molar-refractivity contribution in [2.45, 2.75) is 31.7 Å². The molecule has 144 valence electrons. The molecule has 3 heterocycles. The van der Waals surface area contributed by atoms with E-state index >= 15 is 0 Å². The van der Waals surface area contributed by atoms with Crippen LogP contribution < -0.4 is 5.32 Å². The molecule has 1 aliphatic heterocycles. The molecule has 0 radical (unpaired) electrons. The number of amides is 1. The minimum atomic E-state index is 0.0167. The number of nitrogens with one attached hydrogen (secondary N) is 1. The van der Waals surface area contributed by atoms with Crippen LogP contribution >= 0.6 is 22.9 Å². The summed E-state index contributed by atoms with van der Waals surface area (Å²) in [5.41, 5.74) is 3.66. The van der Waals surface area contributed by atoms with Crippen molar-refractivity contribution in [3.63, 3.8) is 0 Å². The summed E-state index contributed by atoms with van der Waals surface area (Å²) in [6, 6.07) is 13.5. The quantitative estimate of drug-likeness (QED) is 0.638. The van der Waals surface area contributed by atoms with E-state index < -0.39 is 0 Å². The number of aromatic nitrogens is 3. The average Bonchev–Trinajstić information content (AvgIpc) is 3.38. The number of hydrogen-bond acceptors (Lipinski definition) is 6. The van der Waals surface area contributed by atoms with E-state index in [4.69, 9.17) is 16.6 Å². The number of hydrogen-bond donors (Lipinski definition) is 1. The maximum atomic E-state index is 12.9. The zero-order valence-electron chi connectivity index (χ0n) is 15.2. The van der Waals surface area contributed by atoms with Crippen LogP contribution in [0.2, 0.25) is 5.02 Å². The lowest BCUT2D eigenvalue weighted by molar-refractivity contribution is -0.132. The van der Waals surface area contributed by atoms with E-state index in [1.807, 2.05) is 47.4 Å². The molecule has 3 aromatic rings. The average molecular weight is 414 g/mol. The molecule has 1 saturated heterocycles. The summed E-state index contributed by atoms with van der Waals surface area (Å²) in [7, 11) is 0. The van der Waals surface area contributed by atoms with E-state index in [0.717, 1.165) is 30.6 Å². The number of nitrogens with zero attached hydrogens (tertiary/aromatic N) is 4. The van der Waals surface area contributed by atoms with Crippen molar-refractivity contribution in [3.8, 4) is 0 Å². The van der Waals surface area contributed by atoms with Crippen molar-refractivity contribution < 1.29 is 4.79 Å². The number of rotatable bonds is 6. The Morgan fingerprint density at radius 1 is 1.29 bits per heavy atom. The van der Waals surface area contributed by atoms with Gasteiger partial charge in [0.1, 0.15) is 11.3 Å². The van der Waals surface area contributed by atoms with Crippen LogP contribution in [0.25, 0.3) is 0 Å². The van der Waals surface area contributed by atoms with Gasteiger partial charge in [0.05, 0.1) is 11.7 Å². The minimum Gasteiger partial charge on any atom is -0.334 e. The van der Waals surface area contributed by atoms with Gasteiger partial charge in [-0.2, -0.15) is 0 Å². The van der Waals surface area contributed by atoms with Gasteiger partial charge in [-0.05, 0) is 49.1 Å². The maximum absolute atomic E-state index is 12.9. The van der Waals surface area contributed by atoms with Crippen LogP contribution in [0.4, 0.5) is 10.9 Å². The first-order valence-electron chi connectivity index (χ1n) is 9.23. The van der Waals surface area contributed by atoms with Crippen LogP contribution in [0.5, 0.6) is 0 Å². The minimum absolute atomic E-state index is 0.0167. The highest BCUT2D eigenvalue weighted by Crippen LogP contribution is 2.32. The van der Waals surface area contributed by atoms with Crippen LogP contribution in [0.15, 0.2) is 48.0 Å². The van der Waals surface area contributed by atoms with Crippen LogP contribution in [0.1, 0.15) is 36.6 Å². The predicted molar refractivity (Wildman–Crippen MR) is 111 cm³/mol. The zero-order valence-corrected chi connectivity index (χ0v) is 16.8. The molecule has 1 amide bonds. The molecule has 1 N–H and O–H groups in total. The second-order valence-electron chi connectivity index (χ2n) is 6.69. The lowest BCUT2D eigenvalue weighted by Crippen LogP contribution is -2.31. The standard InChI is InChI=1S/C20H20ClN5OS/c21-15-5-1-4-14(12-15)9-10-19(27)26-11-3-7-17(26)16-6-2-8-18(23-16)24-20-25-22-13-28-20/h1-2,4-6,8,12-13,17H,3,7,9-11H2,(H,23,24,25). The van der Waals surface area contributed by atoms with E-state index in [0.29, 0.717) is 28.8 Å². The maximum Gasteiger partial charge on any atom is 0.223 e. The number of carbonyl (C=O) groups is 1. The molecule has 0 spiro atoms. The highest BCUT2D eigenvalue weighted by molar-refractivity contribution is 7.13. The molecule has 0 aliphatic carbocycles. The highest BCUT2D eigenvalue weighted by atomic mass is 35.5. The van der Waals surface area contributed by atoms with Gasteiger partial charge in [-0.15, -0.1) is 10.2 Å². The third-order valence-electron chi connectivity index (χ3n) is 4.80. The molecular weight excluding hydrogens is 394 g/mol. The molecule has 0 bridgehead atoms. The van der Waals surface area contributed by atoms with E-state index in [1.54, 1.807) is 5.51 Å². The summed E-state index contributed by atoms with van der Waals surface area (Å²) in [4.78, 5) is 19.5. The molecule has 2 aromatic heterocycles. The molecule has 0 saturated carbocycles. The molecule has 1 fully saturated rings. The predicted octanol–water partition coefficient (Wildman–Crippen LogP) is 4.63. The second kappa shape index (κ2) is 8.67. The van der Waals surface area contributed by atoms with Gasteiger partial charge in [-0.25, -0.2) is 4.98 Å². The Hall–Kier alpha value is -2.51. The first-order chi connectivity index (χ1) is 13.7. The molecule has 1 aromatic carbocycles. The van der Waals surface area contributed by atoms with Gasteiger partial charge in [-0.3, -0.25) is 4.79 Å². The normalized spacial score (nSPS) is 16.3. The van der Waals surface area contributed by atoms with Gasteiger partial charge in [0.15, 0.2) is 0 Å². The molecule has 28 heavy (non-hydrogen) atoms. The third kappa shape index (κ3) is 4.48. The first-order valence-corrected chi connectivity index (χ1v) is 10.5. The van der Waals surface area contributed by atoms with Crippen molar-refractivity contribution >= 4 is 39.8 Å². The molecular formula is C20H20ClN5OS. The highest BCUT2D eigenvalue weighted by Gasteiger charge is 2.30. The molecule has 1 atom stereocenters. The monoisotopic (exact) mass is 413 g/mol. The second-order valence-corrected chi connectivity index (χ2v) is 7.96. The molecule has 4 rings (SSSR count). The van der Waals surface area contributed by atoms with Crippen molar-refractivity contribution in [2.75, 3.05) is 11.9 Å². The fourth-order valence-corrected chi connectivity index (χ4v) is 4.17. The summed E-state index contributed by atoms with van der Waals surface area (Å²) in [5, 5.41) is 12.4. The first kappa shape index (κ1) is 18.8. The number of likely N-dealkylation sites (tertiary alicyclic amines) is 1. The lowest BCUT2D eigenvalue weighted by Gasteiger charge is -2.25. The topological polar surface area (TPSA) is 71.0 Å². The fraction of sp³-hybridized carbons (Fsp3) is 0.300. The van der Waals surface area contributed by atoms with E-state index in [1.165, 1.54) is 11.3 Å². The SMILES string of the molecule is O=C(CCc1cccc(Cl)c1)N1CCCC1c1cccc(Nc2nncs2)n1. The number of aryl methyl sites for hydroxylation is 1. The molecule has 8 heteroatoms. The van der Waals surface area contributed by atoms with Crippen molar-refractivity contribution in [1.82, 2.24) is 20.1 Å². The smallest absolute Gasteiger partial charge is 0.223 e. The number of pyridine rings is 1. The number of benzene rings is 1. The van der Waals surface area contributed by atoms with Crippen molar-refractivity contribution in [1.29, 1.82) is 0 Å². The fourth-order valence-electron chi connectivity index (χ4n) is 3.50. The van der Waals surface area contributed by atoms with E-state index in [-0.39, 0.29) is 11.9 Å². The molecule has 6 nitrogen and oxygen atoms in total. The van der Waals surface area contributed by atoms with Crippen molar-refractivity contribution in [2.24, 2.45) is 0 Å². The third-order valence-corrected chi connectivity index (χ3v) is 5.64. The summed E-state index contributed by atoms with van der Waals surface area (Å²) in [5.74, 6) is 0.874. The Morgan fingerprint density at radius 2 is 2.18 bits per heavy atom. The Labute approximate surface area is 172 Å². The number of anilines is 2. The zero-order chi connectivity index (χ0) is 19.3. The van der Waals surface area contributed by atoms with Crippen LogP contribution in [-0.4, -0.2) is 32.5 Å². The Morgan fingerprint density at radius 3 is 3.00 bits per heavy atom. The Bertz CT molecular complexity index is 949. The van der Waals surface area contributed by atoms with E-state index in [2.05, 4.69) is 15.5 Å². The Balaban J connectivity index is 1.43. The largest absolute Gasteiger partial charge is 0.334 e. The summed E-state index contributed by atoms with van der Waals surface area (Å²) in [6.45, 7) is 0.773. The van der Waals surface area contributed by atoms with Crippen LogP contribution in [0, 0.1) is 0 Å². The van der Waals surface area contributed by atoms with Gasteiger partial charge in [-0.1, -0.05) is 41.1 Å². The molecule has 1 aliphatic rings. The lowest BCUT2D eigenvalue weighted by atomic mass is 10.1. The van der Waals surface area contributed by atoms with Gasteiger partial charge in [0.25, 0.3) is 0 Å². The van der Waals surface area contributed by atoms with Gasteiger partial charge in [0, 0.05) is 18.0 Å². The number of carbonyl (C=O) groups excluding carboxylic acids is 1. The van der Waals surface area contributed by atoms with E-state index in [9.17, 15) is 4.79 Å². The molecule has 1 unspecified atom stereocenters. The van der Waals surface area contributed by atoms with Gasteiger partial charge < -0.3 is 10.2 Å². The summed E-state index contributed by atoms with van der Waals surface area (Å²) in [6.07, 6.45) is 3.08.